The van der Waals surface area contributed by atoms with Crippen LogP contribution in [0.5, 0.6) is 5.88 Å². The van der Waals surface area contributed by atoms with Crippen LogP contribution in [0.3, 0.4) is 0 Å². The zero-order valence-electron chi connectivity index (χ0n) is 18.1. The summed E-state index contributed by atoms with van der Waals surface area (Å²) in [6.45, 7) is 3.87. The van der Waals surface area contributed by atoms with Crippen LogP contribution in [-0.4, -0.2) is 35.8 Å². The van der Waals surface area contributed by atoms with Gasteiger partial charge in [-0.3, -0.25) is 10.2 Å². The second kappa shape index (κ2) is 10.4. The number of carbonyl (C=O) groups excluding carboxylic acids is 2. The fraction of sp³-hybridized carbons (Fsp3) is 0.261. The number of ether oxygens (including phenoxy) is 1. The summed E-state index contributed by atoms with van der Waals surface area (Å²) in [6, 6.07) is 13.5. The third-order valence-electron chi connectivity index (χ3n) is 4.91. The number of rotatable bonds is 7. The number of aromatic nitrogens is 1. The molecule has 0 aliphatic rings. The summed E-state index contributed by atoms with van der Waals surface area (Å²) in [5.74, 6) is -1.05. The summed E-state index contributed by atoms with van der Waals surface area (Å²) in [5.41, 5.74) is 5.63. The lowest BCUT2D eigenvalue weighted by Gasteiger charge is -2.21. The Labute approximate surface area is 185 Å². The highest BCUT2D eigenvalue weighted by atomic mass is 19.1. The molecule has 0 saturated carbocycles. The quantitative estimate of drug-likeness (QED) is 0.543. The molecule has 3 rings (SSSR count). The molecule has 1 aromatic heterocycles. The normalized spacial score (nSPS) is 10.5. The topological polar surface area (TPSA) is 96.7 Å². The second-order valence-corrected chi connectivity index (χ2v) is 6.89. The zero-order chi connectivity index (χ0) is 23.1. The minimum absolute atomic E-state index is 0.0388. The number of hydrazine groups is 1. The largest absolute Gasteiger partial charge is 0.479 e. The standard InChI is InChI=1S/C23H25FN4O4/c1-4-15-8-6-7-9-18(15)16-10-11-17(19(24)12-16)14-25-23(30)28(5-2)26-22(29)20-13-21(31-3)27-32-20/h6-13H,4-5,14H2,1-3H3,(H,25,30)(H,26,29). The van der Waals surface area contributed by atoms with Gasteiger partial charge in [0.1, 0.15) is 5.82 Å². The van der Waals surface area contributed by atoms with Crippen molar-refractivity contribution >= 4 is 11.9 Å². The molecule has 168 valence electrons. The molecule has 0 aliphatic heterocycles. The Kier molecular flexibility index (Phi) is 7.43. The first kappa shape index (κ1) is 22.8. The van der Waals surface area contributed by atoms with Crippen molar-refractivity contribution in [2.75, 3.05) is 13.7 Å². The van der Waals surface area contributed by atoms with E-state index in [0.29, 0.717) is 5.56 Å². The average molecular weight is 440 g/mol. The monoisotopic (exact) mass is 440 g/mol. The van der Waals surface area contributed by atoms with Gasteiger partial charge in [0.25, 0.3) is 5.88 Å². The number of benzene rings is 2. The number of nitrogens with one attached hydrogen (secondary N) is 2. The van der Waals surface area contributed by atoms with Crippen LogP contribution in [0.2, 0.25) is 0 Å². The number of carbonyl (C=O) groups is 2. The van der Waals surface area contributed by atoms with E-state index in [-0.39, 0.29) is 24.7 Å². The van der Waals surface area contributed by atoms with E-state index < -0.39 is 17.8 Å². The third kappa shape index (κ3) is 5.23. The summed E-state index contributed by atoms with van der Waals surface area (Å²) in [4.78, 5) is 24.7. The number of amides is 3. The molecular weight excluding hydrogens is 415 g/mol. The lowest BCUT2D eigenvalue weighted by molar-refractivity contribution is 0.0793. The molecule has 3 amide bonds. The summed E-state index contributed by atoms with van der Waals surface area (Å²) in [7, 11) is 1.39. The van der Waals surface area contributed by atoms with E-state index in [1.54, 1.807) is 13.0 Å². The van der Waals surface area contributed by atoms with Crippen molar-refractivity contribution in [1.82, 2.24) is 20.9 Å². The van der Waals surface area contributed by atoms with Crippen LogP contribution in [0.25, 0.3) is 11.1 Å². The molecule has 9 heteroatoms. The van der Waals surface area contributed by atoms with Crippen molar-refractivity contribution in [2.45, 2.75) is 26.8 Å². The Balaban J connectivity index is 1.63. The molecule has 1 heterocycles. The summed E-state index contributed by atoms with van der Waals surface area (Å²) in [6.07, 6.45) is 0.842. The first-order chi connectivity index (χ1) is 15.5. The van der Waals surface area contributed by atoms with E-state index in [2.05, 4.69) is 22.8 Å². The first-order valence-corrected chi connectivity index (χ1v) is 10.2. The number of aryl methyl sites for hydroxylation is 1. The lowest BCUT2D eigenvalue weighted by Crippen LogP contribution is -2.50. The summed E-state index contributed by atoms with van der Waals surface area (Å²) < 4.78 is 24.4. The Bertz CT molecular complexity index is 1100. The van der Waals surface area contributed by atoms with Gasteiger partial charge >= 0.3 is 11.9 Å². The van der Waals surface area contributed by atoms with E-state index >= 15 is 0 Å². The van der Waals surface area contributed by atoms with Crippen LogP contribution in [0, 0.1) is 5.82 Å². The van der Waals surface area contributed by atoms with Gasteiger partial charge in [-0.2, -0.15) is 0 Å². The number of hydrogen-bond acceptors (Lipinski definition) is 5. The van der Waals surface area contributed by atoms with Crippen LogP contribution in [0.1, 0.15) is 35.5 Å². The molecule has 2 aromatic carbocycles. The minimum Gasteiger partial charge on any atom is -0.479 e. The maximum atomic E-state index is 14.7. The van der Waals surface area contributed by atoms with E-state index in [1.807, 2.05) is 30.3 Å². The molecule has 0 aliphatic carbocycles. The van der Waals surface area contributed by atoms with Crippen LogP contribution < -0.4 is 15.5 Å². The maximum absolute atomic E-state index is 14.7. The van der Waals surface area contributed by atoms with Crippen molar-refractivity contribution in [3.63, 3.8) is 0 Å². The highest BCUT2D eigenvalue weighted by Crippen LogP contribution is 2.26. The van der Waals surface area contributed by atoms with E-state index in [1.165, 1.54) is 19.2 Å². The van der Waals surface area contributed by atoms with Gasteiger partial charge < -0.3 is 14.6 Å². The third-order valence-corrected chi connectivity index (χ3v) is 4.91. The van der Waals surface area contributed by atoms with Crippen molar-refractivity contribution in [3.8, 4) is 17.0 Å². The predicted molar refractivity (Wildman–Crippen MR) is 116 cm³/mol. The lowest BCUT2D eigenvalue weighted by atomic mass is 9.97. The van der Waals surface area contributed by atoms with Crippen molar-refractivity contribution in [3.05, 3.63) is 71.2 Å². The van der Waals surface area contributed by atoms with Crippen molar-refractivity contribution in [1.29, 1.82) is 0 Å². The van der Waals surface area contributed by atoms with Crippen LogP contribution >= 0.6 is 0 Å². The van der Waals surface area contributed by atoms with Gasteiger partial charge in [0.2, 0.25) is 5.76 Å². The first-order valence-electron chi connectivity index (χ1n) is 10.2. The number of halogens is 1. The van der Waals surface area contributed by atoms with Gasteiger partial charge in [0.05, 0.1) is 13.2 Å². The van der Waals surface area contributed by atoms with Crippen molar-refractivity contribution in [2.24, 2.45) is 0 Å². The average Bonchev–Trinajstić information content (AvgIpc) is 3.31. The maximum Gasteiger partial charge on any atom is 0.336 e. The van der Waals surface area contributed by atoms with E-state index in [4.69, 9.17) is 9.26 Å². The summed E-state index contributed by atoms with van der Waals surface area (Å²) in [5, 5.41) is 7.20. The molecule has 8 nitrogen and oxygen atoms in total. The van der Waals surface area contributed by atoms with E-state index in [0.717, 1.165) is 28.1 Å². The smallest absolute Gasteiger partial charge is 0.336 e. The summed E-state index contributed by atoms with van der Waals surface area (Å²) >= 11 is 0. The van der Waals surface area contributed by atoms with Crippen LogP contribution in [0.4, 0.5) is 9.18 Å². The van der Waals surface area contributed by atoms with Gasteiger partial charge in [0, 0.05) is 18.7 Å². The molecule has 0 unspecified atom stereocenters. The Morgan fingerprint density at radius 3 is 2.56 bits per heavy atom. The molecule has 2 N–H and O–H groups in total. The van der Waals surface area contributed by atoms with Crippen LogP contribution in [-0.2, 0) is 13.0 Å². The highest BCUT2D eigenvalue weighted by molar-refractivity contribution is 5.92. The molecule has 0 saturated heterocycles. The molecule has 0 fully saturated rings. The number of hydrogen-bond donors (Lipinski definition) is 2. The predicted octanol–water partition coefficient (Wildman–Crippen LogP) is 3.93. The molecule has 32 heavy (non-hydrogen) atoms. The Morgan fingerprint density at radius 1 is 1.12 bits per heavy atom. The van der Waals surface area contributed by atoms with Crippen molar-refractivity contribution < 1.29 is 23.2 Å². The Morgan fingerprint density at radius 2 is 1.91 bits per heavy atom. The molecular formula is C23H25FN4O4. The van der Waals surface area contributed by atoms with Gasteiger partial charge in [-0.05, 0) is 41.3 Å². The number of urea groups is 1. The molecule has 0 atom stereocenters. The fourth-order valence-electron chi connectivity index (χ4n) is 3.15. The highest BCUT2D eigenvalue weighted by Gasteiger charge is 2.19. The zero-order valence-corrected chi connectivity index (χ0v) is 18.1. The van der Waals surface area contributed by atoms with Gasteiger partial charge in [-0.1, -0.05) is 43.3 Å². The van der Waals surface area contributed by atoms with Gasteiger partial charge in [-0.15, -0.1) is 0 Å². The van der Waals surface area contributed by atoms with Gasteiger partial charge in [-0.25, -0.2) is 14.2 Å². The number of nitrogens with zero attached hydrogens (tertiary/aromatic N) is 2. The SMILES string of the molecule is CCc1ccccc1-c1ccc(CNC(=O)N(CC)NC(=O)c2cc(OC)no2)c(F)c1. The molecule has 0 radical (unpaired) electrons. The van der Waals surface area contributed by atoms with Crippen LogP contribution in [0.15, 0.2) is 53.1 Å². The Hall–Kier alpha value is -3.88. The van der Waals surface area contributed by atoms with Gasteiger partial charge in [0.15, 0.2) is 0 Å². The second-order valence-electron chi connectivity index (χ2n) is 6.89. The molecule has 3 aromatic rings. The number of methoxy groups -OCH3 is 1. The van der Waals surface area contributed by atoms with E-state index in [9.17, 15) is 14.0 Å². The molecule has 0 bridgehead atoms. The molecule has 0 spiro atoms. The minimum atomic E-state index is -0.664. The fourth-order valence-corrected chi connectivity index (χ4v) is 3.15.